The quantitative estimate of drug-likeness (QED) is 0.488. The van der Waals surface area contributed by atoms with Crippen molar-refractivity contribution in [1.82, 2.24) is 10.6 Å². The van der Waals surface area contributed by atoms with Gasteiger partial charge in [0.25, 0.3) is 5.91 Å². The Morgan fingerprint density at radius 2 is 1.60 bits per heavy atom. The highest BCUT2D eigenvalue weighted by molar-refractivity contribution is 5.99. The second-order valence-corrected chi connectivity index (χ2v) is 6.72. The van der Waals surface area contributed by atoms with Gasteiger partial charge in [-0.1, -0.05) is 67.9 Å². The summed E-state index contributed by atoms with van der Waals surface area (Å²) in [6.07, 6.45) is 0.463. The molecular weight excluding hydrogens is 384 g/mol. The van der Waals surface area contributed by atoms with Crippen LogP contribution in [-0.4, -0.2) is 30.7 Å². The maximum Gasteiger partial charge on any atom is 0.321 e. The van der Waals surface area contributed by atoms with Crippen LogP contribution in [-0.2, 0) is 20.7 Å². The summed E-state index contributed by atoms with van der Waals surface area (Å²) >= 11 is 0. The zero-order valence-corrected chi connectivity index (χ0v) is 17.1. The number of ketones is 1. The van der Waals surface area contributed by atoms with Gasteiger partial charge in [-0.15, -0.1) is 0 Å². The van der Waals surface area contributed by atoms with E-state index in [-0.39, 0.29) is 18.6 Å². The van der Waals surface area contributed by atoms with Crippen molar-refractivity contribution >= 4 is 23.7 Å². The van der Waals surface area contributed by atoms with Gasteiger partial charge in [-0.2, -0.15) is 0 Å². The number of Topliss-reactive ketones (excluding diaryl/α,β-unsaturated/α-hetero) is 1. The highest BCUT2D eigenvalue weighted by Crippen LogP contribution is 2.19. The third-order valence-corrected chi connectivity index (χ3v) is 4.42. The smallest absolute Gasteiger partial charge is 0.321 e. The van der Waals surface area contributed by atoms with Gasteiger partial charge in [0, 0.05) is 24.6 Å². The van der Waals surface area contributed by atoms with Gasteiger partial charge in [-0.3, -0.25) is 19.7 Å². The lowest BCUT2D eigenvalue weighted by Crippen LogP contribution is -2.41. The van der Waals surface area contributed by atoms with Crippen molar-refractivity contribution in [2.24, 2.45) is 0 Å². The van der Waals surface area contributed by atoms with Crippen molar-refractivity contribution in [2.75, 3.05) is 7.05 Å². The highest BCUT2D eigenvalue weighted by Gasteiger charge is 2.26. The molecule has 2 aromatic carbocycles. The van der Waals surface area contributed by atoms with Crippen molar-refractivity contribution in [3.63, 3.8) is 0 Å². The first-order chi connectivity index (χ1) is 14.4. The van der Waals surface area contributed by atoms with Gasteiger partial charge in [-0.05, 0) is 12.0 Å². The van der Waals surface area contributed by atoms with Gasteiger partial charge in [0.05, 0.1) is 6.42 Å². The molecule has 0 bridgehead atoms. The molecule has 158 valence electrons. The van der Waals surface area contributed by atoms with Crippen molar-refractivity contribution in [3.05, 3.63) is 71.3 Å². The average molecular weight is 410 g/mol. The number of rotatable bonds is 9. The number of urea groups is 1. The highest BCUT2D eigenvalue weighted by atomic mass is 16.5. The molecule has 2 rings (SSSR count). The Kier molecular flexibility index (Phi) is 8.75. The van der Waals surface area contributed by atoms with E-state index in [4.69, 9.17) is 4.74 Å². The van der Waals surface area contributed by atoms with Gasteiger partial charge in [-0.25, -0.2) is 4.79 Å². The number of nitrogens with one attached hydrogen (secondary N) is 2. The number of carbonyl (C=O) groups is 4. The van der Waals surface area contributed by atoms with Crippen LogP contribution in [0.4, 0.5) is 4.79 Å². The van der Waals surface area contributed by atoms with E-state index in [1.807, 2.05) is 12.1 Å². The molecule has 7 heteroatoms. The van der Waals surface area contributed by atoms with Gasteiger partial charge in [0.15, 0.2) is 5.78 Å². The van der Waals surface area contributed by atoms with Crippen LogP contribution in [0.15, 0.2) is 54.6 Å². The van der Waals surface area contributed by atoms with E-state index in [1.54, 1.807) is 42.5 Å². The molecule has 7 nitrogen and oxygen atoms in total. The van der Waals surface area contributed by atoms with E-state index < -0.39 is 24.0 Å². The van der Waals surface area contributed by atoms with E-state index in [2.05, 4.69) is 17.6 Å². The summed E-state index contributed by atoms with van der Waals surface area (Å²) in [5.74, 6) is -1.65. The van der Waals surface area contributed by atoms with Crippen molar-refractivity contribution in [3.8, 4) is 0 Å². The van der Waals surface area contributed by atoms with Crippen LogP contribution in [0, 0.1) is 0 Å². The van der Waals surface area contributed by atoms with E-state index in [0.717, 1.165) is 18.4 Å². The summed E-state index contributed by atoms with van der Waals surface area (Å²) in [5, 5.41) is 4.38. The summed E-state index contributed by atoms with van der Waals surface area (Å²) in [6.45, 7) is 2.09. The molecule has 2 aromatic rings. The van der Waals surface area contributed by atoms with Gasteiger partial charge in [0.1, 0.15) is 0 Å². The first-order valence-corrected chi connectivity index (χ1v) is 9.83. The van der Waals surface area contributed by atoms with Crippen molar-refractivity contribution < 1.29 is 23.9 Å². The fourth-order valence-corrected chi connectivity index (χ4v) is 2.84. The summed E-state index contributed by atoms with van der Waals surface area (Å²) in [5.41, 5.74) is 2.10. The number of hydrogen-bond donors (Lipinski definition) is 2. The zero-order chi connectivity index (χ0) is 21.9. The number of esters is 1. The van der Waals surface area contributed by atoms with Crippen LogP contribution in [0.1, 0.15) is 53.8 Å². The van der Waals surface area contributed by atoms with Gasteiger partial charge < -0.3 is 10.1 Å². The molecule has 0 aliphatic rings. The summed E-state index contributed by atoms with van der Waals surface area (Å²) in [4.78, 5) is 48.5. The average Bonchev–Trinajstić information content (AvgIpc) is 2.77. The molecule has 0 aliphatic carbocycles. The number of aryl methyl sites for hydroxylation is 1. The molecule has 0 heterocycles. The molecule has 0 radical (unpaired) electrons. The van der Waals surface area contributed by atoms with Gasteiger partial charge >= 0.3 is 12.0 Å². The molecular formula is C23H26N2O5. The standard InChI is InChI=1S/C23H26N2O5/c1-3-7-16-10-12-17(13-11-16)19(26)14-15-20(27)30-21(18-8-5-4-6-9-18)22(28)25-23(29)24-2/h4-6,8-13,21H,3,7,14-15H2,1-2H3,(H2,24,25,28,29)/t21-/m1/s1. The Morgan fingerprint density at radius 1 is 0.933 bits per heavy atom. The molecule has 0 unspecified atom stereocenters. The normalized spacial score (nSPS) is 11.3. The second kappa shape index (κ2) is 11.5. The molecule has 0 fully saturated rings. The SMILES string of the molecule is CCCc1ccc(C(=O)CCC(=O)O[C@@H](C(=O)NC(=O)NC)c2ccccc2)cc1. The third-order valence-electron chi connectivity index (χ3n) is 4.42. The largest absolute Gasteiger partial charge is 0.447 e. The fraction of sp³-hybridized carbons (Fsp3) is 0.304. The summed E-state index contributed by atoms with van der Waals surface area (Å²) in [6, 6.07) is 15.0. The Labute approximate surface area is 175 Å². The van der Waals surface area contributed by atoms with Crippen LogP contribution in [0.2, 0.25) is 0 Å². The third kappa shape index (κ3) is 6.84. The van der Waals surface area contributed by atoms with Crippen molar-refractivity contribution in [2.45, 2.75) is 38.7 Å². The predicted molar refractivity (Wildman–Crippen MR) is 112 cm³/mol. The van der Waals surface area contributed by atoms with Crippen LogP contribution in [0.25, 0.3) is 0 Å². The molecule has 30 heavy (non-hydrogen) atoms. The Balaban J connectivity index is 1.98. The number of amides is 3. The Hall–Kier alpha value is -3.48. The van der Waals surface area contributed by atoms with E-state index in [9.17, 15) is 19.2 Å². The molecule has 0 aliphatic heterocycles. The molecule has 0 saturated carbocycles. The molecule has 0 aromatic heterocycles. The summed E-state index contributed by atoms with van der Waals surface area (Å²) in [7, 11) is 1.37. The minimum Gasteiger partial charge on any atom is -0.447 e. The second-order valence-electron chi connectivity index (χ2n) is 6.72. The van der Waals surface area contributed by atoms with Crippen LogP contribution < -0.4 is 10.6 Å². The van der Waals surface area contributed by atoms with E-state index >= 15 is 0 Å². The minimum absolute atomic E-state index is 0.0372. The van der Waals surface area contributed by atoms with E-state index in [0.29, 0.717) is 11.1 Å². The van der Waals surface area contributed by atoms with Gasteiger partial charge in [0.2, 0.25) is 6.10 Å². The van der Waals surface area contributed by atoms with Crippen molar-refractivity contribution in [1.29, 1.82) is 0 Å². The Bertz CT molecular complexity index is 878. The first kappa shape index (κ1) is 22.8. The van der Waals surface area contributed by atoms with Crippen LogP contribution in [0.3, 0.4) is 0 Å². The van der Waals surface area contributed by atoms with Crippen LogP contribution >= 0.6 is 0 Å². The summed E-state index contributed by atoms with van der Waals surface area (Å²) < 4.78 is 5.30. The lowest BCUT2D eigenvalue weighted by atomic mass is 10.0. The minimum atomic E-state index is -1.29. The topological polar surface area (TPSA) is 102 Å². The lowest BCUT2D eigenvalue weighted by molar-refractivity contribution is -0.156. The predicted octanol–water partition coefficient (Wildman–Crippen LogP) is 3.34. The van der Waals surface area contributed by atoms with E-state index in [1.165, 1.54) is 7.05 Å². The molecule has 0 saturated heterocycles. The number of benzene rings is 2. The maximum absolute atomic E-state index is 12.4. The Morgan fingerprint density at radius 3 is 2.20 bits per heavy atom. The number of carbonyl (C=O) groups excluding carboxylic acids is 4. The molecule has 0 spiro atoms. The molecule has 3 amide bonds. The zero-order valence-electron chi connectivity index (χ0n) is 17.1. The monoisotopic (exact) mass is 410 g/mol. The fourth-order valence-electron chi connectivity index (χ4n) is 2.84. The number of ether oxygens (including phenoxy) is 1. The lowest BCUT2D eigenvalue weighted by Gasteiger charge is -2.17. The molecule has 2 N–H and O–H groups in total. The number of imide groups is 1. The number of hydrogen-bond acceptors (Lipinski definition) is 5. The molecule has 1 atom stereocenters. The maximum atomic E-state index is 12.4. The first-order valence-electron chi connectivity index (χ1n) is 9.83. The van der Waals surface area contributed by atoms with Crippen LogP contribution in [0.5, 0.6) is 0 Å².